The normalized spacial score (nSPS) is 20.0. The van der Waals surface area contributed by atoms with Crippen molar-refractivity contribution in [3.05, 3.63) is 42.0 Å². The number of amides is 2. The van der Waals surface area contributed by atoms with Crippen LogP contribution in [0.1, 0.15) is 46.5 Å². The number of imide groups is 1. The van der Waals surface area contributed by atoms with E-state index in [0.717, 1.165) is 12.7 Å². The van der Waals surface area contributed by atoms with Gasteiger partial charge in [-0.2, -0.15) is 0 Å². The maximum absolute atomic E-state index is 12.9. The van der Waals surface area contributed by atoms with Crippen LogP contribution in [-0.4, -0.2) is 18.1 Å². The standard InChI is InChI=1S/C20H25NO3/c1-4-20(14-22,12-8-9-15(2)3)17-13-18(23)21(19(17)24)16-10-6-5-7-11-16/h5-7,9-11,14,17H,4,8,12-13H2,1-3H3/t17-,20?/m0/s1. The Bertz CT molecular complexity index is 646. The van der Waals surface area contributed by atoms with Crippen LogP contribution < -0.4 is 4.90 Å². The Morgan fingerprint density at radius 3 is 2.46 bits per heavy atom. The van der Waals surface area contributed by atoms with Gasteiger partial charge in [0.15, 0.2) is 0 Å². The molecule has 1 aliphatic heterocycles. The number of hydrogen-bond acceptors (Lipinski definition) is 3. The molecule has 0 spiro atoms. The summed E-state index contributed by atoms with van der Waals surface area (Å²) in [4.78, 5) is 38.5. The molecule has 1 aromatic carbocycles. The van der Waals surface area contributed by atoms with Gasteiger partial charge < -0.3 is 4.79 Å². The van der Waals surface area contributed by atoms with E-state index in [1.54, 1.807) is 24.3 Å². The largest absolute Gasteiger partial charge is 0.303 e. The molecule has 2 rings (SSSR count). The fraction of sp³-hybridized carbons (Fsp3) is 0.450. The first-order valence-electron chi connectivity index (χ1n) is 8.46. The maximum atomic E-state index is 12.9. The highest BCUT2D eigenvalue weighted by atomic mass is 16.2. The number of para-hydroxylation sites is 1. The van der Waals surface area contributed by atoms with Crippen molar-refractivity contribution in [3.8, 4) is 0 Å². The summed E-state index contributed by atoms with van der Waals surface area (Å²) in [6, 6.07) is 8.93. The summed E-state index contributed by atoms with van der Waals surface area (Å²) >= 11 is 0. The molecule has 1 aromatic rings. The smallest absolute Gasteiger partial charge is 0.238 e. The van der Waals surface area contributed by atoms with Crippen LogP contribution in [0.15, 0.2) is 42.0 Å². The number of carbonyl (C=O) groups is 3. The Hall–Kier alpha value is -2.23. The molecular formula is C20H25NO3. The lowest BCUT2D eigenvalue weighted by molar-refractivity contribution is -0.131. The second-order valence-corrected chi connectivity index (χ2v) is 6.68. The minimum Gasteiger partial charge on any atom is -0.303 e. The van der Waals surface area contributed by atoms with Crippen molar-refractivity contribution < 1.29 is 14.4 Å². The average molecular weight is 327 g/mol. The van der Waals surface area contributed by atoms with Gasteiger partial charge in [-0.15, -0.1) is 0 Å². The van der Waals surface area contributed by atoms with E-state index in [-0.39, 0.29) is 18.2 Å². The first-order valence-corrected chi connectivity index (χ1v) is 8.46. The minimum atomic E-state index is -0.776. The lowest BCUT2D eigenvalue weighted by Gasteiger charge is -2.31. The minimum absolute atomic E-state index is 0.106. The van der Waals surface area contributed by atoms with Crippen molar-refractivity contribution >= 4 is 23.8 Å². The molecule has 0 bridgehead atoms. The average Bonchev–Trinajstić information content (AvgIpc) is 2.87. The third-order valence-electron chi connectivity index (χ3n) is 4.91. The predicted octanol–water partition coefficient (Wildman–Crippen LogP) is 3.91. The molecule has 0 aliphatic carbocycles. The summed E-state index contributed by atoms with van der Waals surface area (Å²) in [5, 5.41) is 0. The number of carbonyl (C=O) groups excluding carboxylic acids is 3. The van der Waals surface area contributed by atoms with E-state index < -0.39 is 11.3 Å². The molecular weight excluding hydrogens is 302 g/mol. The van der Waals surface area contributed by atoms with Crippen LogP contribution in [0.3, 0.4) is 0 Å². The Morgan fingerprint density at radius 1 is 1.25 bits per heavy atom. The summed E-state index contributed by atoms with van der Waals surface area (Å²) in [6.07, 6.45) is 4.96. The van der Waals surface area contributed by atoms with Crippen molar-refractivity contribution in [2.75, 3.05) is 4.90 Å². The number of hydrogen-bond donors (Lipinski definition) is 0. The fourth-order valence-electron chi connectivity index (χ4n) is 3.38. The Balaban J connectivity index is 2.28. The molecule has 1 saturated heterocycles. The van der Waals surface area contributed by atoms with Crippen molar-refractivity contribution in [1.29, 1.82) is 0 Å². The third kappa shape index (κ3) is 3.48. The van der Waals surface area contributed by atoms with E-state index in [4.69, 9.17) is 0 Å². The van der Waals surface area contributed by atoms with Crippen molar-refractivity contribution in [1.82, 2.24) is 0 Å². The van der Waals surface area contributed by atoms with Crippen LogP contribution in [0.5, 0.6) is 0 Å². The van der Waals surface area contributed by atoms with E-state index >= 15 is 0 Å². The molecule has 0 aromatic heterocycles. The first kappa shape index (κ1) is 18.1. The van der Waals surface area contributed by atoms with Gasteiger partial charge >= 0.3 is 0 Å². The maximum Gasteiger partial charge on any atom is 0.238 e. The molecule has 0 saturated carbocycles. The molecule has 0 radical (unpaired) electrons. The molecule has 24 heavy (non-hydrogen) atoms. The van der Waals surface area contributed by atoms with Gasteiger partial charge in [-0.3, -0.25) is 14.5 Å². The zero-order valence-electron chi connectivity index (χ0n) is 14.6. The molecule has 1 aliphatic rings. The second-order valence-electron chi connectivity index (χ2n) is 6.68. The van der Waals surface area contributed by atoms with Crippen LogP contribution >= 0.6 is 0 Å². The highest BCUT2D eigenvalue weighted by Gasteiger charge is 2.50. The van der Waals surface area contributed by atoms with Crippen LogP contribution in [-0.2, 0) is 14.4 Å². The number of anilines is 1. The summed E-state index contributed by atoms with van der Waals surface area (Å²) in [5.74, 6) is -1.05. The number of allylic oxidation sites excluding steroid dienone is 2. The number of rotatable bonds is 7. The molecule has 2 atom stereocenters. The molecule has 4 nitrogen and oxygen atoms in total. The zero-order chi connectivity index (χ0) is 17.7. The fourth-order valence-corrected chi connectivity index (χ4v) is 3.38. The zero-order valence-corrected chi connectivity index (χ0v) is 14.6. The molecule has 128 valence electrons. The highest BCUT2D eigenvalue weighted by Crippen LogP contribution is 2.42. The monoisotopic (exact) mass is 327 g/mol. The van der Waals surface area contributed by atoms with Crippen LogP contribution in [0.2, 0.25) is 0 Å². The first-order chi connectivity index (χ1) is 11.4. The van der Waals surface area contributed by atoms with Gasteiger partial charge in [0.2, 0.25) is 11.8 Å². The van der Waals surface area contributed by atoms with Crippen molar-refractivity contribution in [2.45, 2.75) is 46.5 Å². The van der Waals surface area contributed by atoms with Gasteiger partial charge in [0.1, 0.15) is 6.29 Å². The lowest BCUT2D eigenvalue weighted by atomic mass is 9.70. The van der Waals surface area contributed by atoms with E-state index in [0.29, 0.717) is 18.5 Å². The predicted molar refractivity (Wildman–Crippen MR) is 94.5 cm³/mol. The van der Waals surface area contributed by atoms with Gasteiger partial charge in [0.25, 0.3) is 0 Å². The quantitative estimate of drug-likeness (QED) is 0.433. The van der Waals surface area contributed by atoms with E-state index in [9.17, 15) is 14.4 Å². The van der Waals surface area contributed by atoms with Gasteiger partial charge in [-0.05, 0) is 45.2 Å². The second kappa shape index (κ2) is 7.56. The Morgan fingerprint density at radius 2 is 1.92 bits per heavy atom. The molecule has 4 heteroatoms. The molecule has 1 heterocycles. The summed E-state index contributed by atoms with van der Waals surface area (Å²) < 4.78 is 0. The molecule has 2 amide bonds. The number of nitrogens with zero attached hydrogens (tertiary/aromatic N) is 1. The van der Waals surface area contributed by atoms with Crippen molar-refractivity contribution in [3.63, 3.8) is 0 Å². The van der Waals surface area contributed by atoms with Crippen LogP contribution in [0, 0.1) is 11.3 Å². The topological polar surface area (TPSA) is 54.5 Å². The number of benzene rings is 1. The number of aldehydes is 1. The Kier molecular flexibility index (Phi) is 5.71. The van der Waals surface area contributed by atoms with Crippen molar-refractivity contribution in [2.24, 2.45) is 11.3 Å². The lowest BCUT2D eigenvalue weighted by Crippen LogP contribution is -2.38. The Labute approximate surface area is 143 Å². The van der Waals surface area contributed by atoms with Gasteiger partial charge in [0, 0.05) is 11.8 Å². The van der Waals surface area contributed by atoms with Gasteiger partial charge in [-0.1, -0.05) is 36.8 Å². The van der Waals surface area contributed by atoms with Gasteiger partial charge in [0.05, 0.1) is 11.6 Å². The van der Waals surface area contributed by atoms with Gasteiger partial charge in [-0.25, -0.2) is 0 Å². The summed E-state index contributed by atoms with van der Waals surface area (Å²) in [5.41, 5.74) is 0.989. The van der Waals surface area contributed by atoms with E-state index in [1.807, 2.05) is 26.8 Å². The highest BCUT2D eigenvalue weighted by molar-refractivity contribution is 6.21. The summed E-state index contributed by atoms with van der Waals surface area (Å²) in [7, 11) is 0. The SMILES string of the molecule is CCC(C=O)(CCC=C(C)C)[C@H]1CC(=O)N(c2ccccc2)C1=O. The van der Waals surface area contributed by atoms with Crippen LogP contribution in [0.4, 0.5) is 5.69 Å². The molecule has 0 N–H and O–H groups in total. The van der Waals surface area contributed by atoms with E-state index in [1.165, 1.54) is 10.5 Å². The molecule has 1 unspecified atom stereocenters. The third-order valence-corrected chi connectivity index (χ3v) is 4.91. The summed E-state index contributed by atoms with van der Waals surface area (Å²) in [6.45, 7) is 5.94. The van der Waals surface area contributed by atoms with E-state index in [2.05, 4.69) is 6.08 Å². The van der Waals surface area contributed by atoms with Crippen LogP contribution in [0.25, 0.3) is 0 Å². The molecule has 1 fully saturated rings.